The van der Waals surface area contributed by atoms with Crippen LogP contribution in [0.5, 0.6) is 11.5 Å². The molecule has 1 aromatic carbocycles. The SMILES string of the molecule is COCCN(C(=O)CCCN)c1ccc(OC)c(OC)c1.Cl. The van der Waals surface area contributed by atoms with Crippen LogP contribution in [0, 0.1) is 0 Å². The summed E-state index contributed by atoms with van der Waals surface area (Å²) < 4.78 is 15.6. The Morgan fingerprint density at radius 1 is 1.18 bits per heavy atom. The molecule has 0 aliphatic carbocycles. The lowest BCUT2D eigenvalue weighted by Gasteiger charge is -2.23. The predicted molar refractivity (Wildman–Crippen MR) is 89.3 cm³/mol. The fourth-order valence-corrected chi connectivity index (χ4v) is 1.96. The van der Waals surface area contributed by atoms with E-state index in [0.717, 1.165) is 5.69 Å². The summed E-state index contributed by atoms with van der Waals surface area (Å²) in [6, 6.07) is 5.40. The number of amides is 1. The molecule has 2 N–H and O–H groups in total. The molecule has 0 unspecified atom stereocenters. The standard InChI is InChI=1S/C15H24N2O4.ClH/c1-19-10-9-17(15(18)5-4-8-16)12-6-7-13(20-2)14(11-12)21-3;/h6-7,11H,4-5,8-10,16H2,1-3H3;1H. The summed E-state index contributed by atoms with van der Waals surface area (Å²) in [5.41, 5.74) is 6.22. The quantitative estimate of drug-likeness (QED) is 0.747. The Labute approximate surface area is 137 Å². The van der Waals surface area contributed by atoms with Crippen LogP contribution in [0.3, 0.4) is 0 Å². The van der Waals surface area contributed by atoms with E-state index in [0.29, 0.717) is 44.0 Å². The molecule has 0 saturated heterocycles. The molecular weight excluding hydrogens is 308 g/mol. The van der Waals surface area contributed by atoms with Crippen molar-refractivity contribution in [2.24, 2.45) is 5.73 Å². The van der Waals surface area contributed by atoms with Gasteiger partial charge in [-0.2, -0.15) is 0 Å². The van der Waals surface area contributed by atoms with Crippen molar-refractivity contribution in [3.63, 3.8) is 0 Å². The van der Waals surface area contributed by atoms with Crippen molar-refractivity contribution in [1.29, 1.82) is 0 Å². The van der Waals surface area contributed by atoms with Crippen LogP contribution in [0.1, 0.15) is 12.8 Å². The third kappa shape index (κ3) is 5.71. The third-order valence-electron chi connectivity index (χ3n) is 3.09. The molecule has 126 valence electrons. The van der Waals surface area contributed by atoms with Gasteiger partial charge in [-0.1, -0.05) is 0 Å². The van der Waals surface area contributed by atoms with E-state index in [1.165, 1.54) is 0 Å². The maximum Gasteiger partial charge on any atom is 0.227 e. The first-order valence-electron chi connectivity index (χ1n) is 6.89. The molecule has 7 heteroatoms. The van der Waals surface area contributed by atoms with Gasteiger partial charge in [0, 0.05) is 31.8 Å². The van der Waals surface area contributed by atoms with Gasteiger partial charge in [0.15, 0.2) is 11.5 Å². The van der Waals surface area contributed by atoms with E-state index in [2.05, 4.69) is 0 Å². The lowest BCUT2D eigenvalue weighted by atomic mass is 10.2. The van der Waals surface area contributed by atoms with E-state index < -0.39 is 0 Å². The highest BCUT2D eigenvalue weighted by atomic mass is 35.5. The van der Waals surface area contributed by atoms with Crippen LogP contribution in [0.25, 0.3) is 0 Å². The van der Waals surface area contributed by atoms with E-state index >= 15 is 0 Å². The Bertz CT molecular complexity index is 457. The Kier molecular flexibility index (Phi) is 10.4. The van der Waals surface area contributed by atoms with Crippen molar-refractivity contribution in [2.45, 2.75) is 12.8 Å². The molecule has 0 aliphatic rings. The van der Waals surface area contributed by atoms with Crippen LogP contribution < -0.4 is 20.1 Å². The minimum atomic E-state index is 0. The topological polar surface area (TPSA) is 74.0 Å². The van der Waals surface area contributed by atoms with Gasteiger partial charge in [0.1, 0.15) is 0 Å². The second-order valence-electron chi connectivity index (χ2n) is 4.47. The van der Waals surface area contributed by atoms with Gasteiger partial charge in [0.05, 0.1) is 20.8 Å². The van der Waals surface area contributed by atoms with Gasteiger partial charge in [0.2, 0.25) is 5.91 Å². The van der Waals surface area contributed by atoms with E-state index in [-0.39, 0.29) is 18.3 Å². The number of anilines is 1. The number of carbonyl (C=O) groups excluding carboxylic acids is 1. The van der Waals surface area contributed by atoms with Crippen molar-refractivity contribution in [3.05, 3.63) is 18.2 Å². The molecule has 0 aromatic heterocycles. The van der Waals surface area contributed by atoms with E-state index in [9.17, 15) is 4.79 Å². The Morgan fingerprint density at radius 2 is 1.86 bits per heavy atom. The summed E-state index contributed by atoms with van der Waals surface area (Å²) in [4.78, 5) is 14.0. The molecule has 0 bridgehead atoms. The molecule has 1 aromatic rings. The number of ether oxygens (including phenoxy) is 3. The number of carbonyl (C=O) groups is 1. The summed E-state index contributed by atoms with van der Waals surface area (Å²) in [6.07, 6.45) is 1.07. The van der Waals surface area contributed by atoms with Crippen molar-refractivity contribution in [2.75, 3.05) is 45.9 Å². The zero-order valence-electron chi connectivity index (χ0n) is 13.3. The highest BCUT2D eigenvalue weighted by molar-refractivity contribution is 5.93. The van der Waals surface area contributed by atoms with E-state index in [4.69, 9.17) is 19.9 Å². The average Bonchev–Trinajstić information content (AvgIpc) is 2.52. The largest absolute Gasteiger partial charge is 0.493 e. The monoisotopic (exact) mass is 332 g/mol. The van der Waals surface area contributed by atoms with Gasteiger partial charge < -0.3 is 24.8 Å². The number of hydrogen-bond acceptors (Lipinski definition) is 5. The van der Waals surface area contributed by atoms with E-state index in [1.807, 2.05) is 6.07 Å². The molecule has 0 heterocycles. The van der Waals surface area contributed by atoms with Crippen LogP contribution in [0.15, 0.2) is 18.2 Å². The Hall–Kier alpha value is -1.50. The second-order valence-corrected chi connectivity index (χ2v) is 4.47. The van der Waals surface area contributed by atoms with Crippen molar-refractivity contribution < 1.29 is 19.0 Å². The van der Waals surface area contributed by atoms with Crippen LogP contribution >= 0.6 is 12.4 Å². The van der Waals surface area contributed by atoms with Crippen LogP contribution in [0.4, 0.5) is 5.69 Å². The van der Waals surface area contributed by atoms with Gasteiger partial charge in [-0.25, -0.2) is 0 Å². The molecule has 0 aliphatic heterocycles. The number of hydrogen-bond donors (Lipinski definition) is 1. The normalized spacial score (nSPS) is 9.82. The first kappa shape index (κ1) is 20.5. The Morgan fingerprint density at radius 3 is 2.41 bits per heavy atom. The zero-order chi connectivity index (χ0) is 15.7. The molecule has 1 rings (SSSR count). The molecular formula is C15H25ClN2O4. The first-order valence-corrected chi connectivity index (χ1v) is 6.89. The minimum Gasteiger partial charge on any atom is -0.493 e. The number of nitrogens with zero attached hydrogens (tertiary/aromatic N) is 1. The summed E-state index contributed by atoms with van der Waals surface area (Å²) >= 11 is 0. The molecule has 0 atom stereocenters. The average molecular weight is 333 g/mol. The fraction of sp³-hybridized carbons (Fsp3) is 0.533. The predicted octanol–water partition coefficient (Wildman–Crippen LogP) is 1.84. The lowest BCUT2D eigenvalue weighted by molar-refractivity contribution is -0.118. The summed E-state index contributed by atoms with van der Waals surface area (Å²) in [6.45, 7) is 1.44. The number of methoxy groups -OCH3 is 3. The molecule has 0 radical (unpaired) electrons. The van der Waals surface area contributed by atoms with Crippen molar-refractivity contribution in [3.8, 4) is 11.5 Å². The highest BCUT2D eigenvalue weighted by Gasteiger charge is 2.17. The van der Waals surface area contributed by atoms with Crippen molar-refractivity contribution in [1.82, 2.24) is 0 Å². The molecule has 0 fully saturated rings. The summed E-state index contributed by atoms with van der Waals surface area (Å²) in [5, 5.41) is 0. The van der Waals surface area contributed by atoms with E-state index in [1.54, 1.807) is 38.4 Å². The maximum atomic E-state index is 12.3. The van der Waals surface area contributed by atoms with Gasteiger partial charge in [-0.05, 0) is 25.1 Å². The third-order valence-corrected chi connectivity index (χ3v) is 3.09. The number of nitrogens with two attached hydrogens (primary N) is 1. The van der Waals surface area contributed by atoms with Gasteiger partial charge in [0.25, 0.3) is 0 Å². The molecule has 0 spiro atoms. The van der Waals surface area contributed by atoms with Gasteiger partial charge in [-0.3, -0.25) is 4.79 Å². The summed E-state index contributed by atoms with van der Waals surface area (Å²) in [7, 11) is 4.75. The molecule has 1 amide bonds. The lowest BCUT2D eigenvalue weighted by Crippen LogP contribution is -2.34. The number of benzene rings is 1. The molecule has 22 heavy (non-hydrogen) atoms. The van der Waals surface area contributed by atoms with Crippen LogP contribution in [-0.4, -0.2) is 46.9 Å². The van der Waals surface area contributed by atoms with Crippen molar-refractivity contribution >= 4 is 24.0 Å². The molecule has 0 saturated carbocycles. The van der Waals surface area contributed by atoms with Gasteiger partial charge in [-0.15, -0.1) is 12.4 Å². The molecule has 6 nitrogen and oxygen atoms in total. The highest BCUT2D eigenvalue weighted by Crippen LogP contribution is 2.31. The number of halogens is 1. The number of rotatable bonds is 9. The first-order chi connectivity index (χ1) is 10.2. The van der Waals surface area contributed by atoms with Crippen LogP contribution in [0.2, 0.25) is 0 Å². The maximum absolute atomic E-state index is 12.3. The van der Waals surface area contributed by atoms with Crippen LogP contribution in [-0.2, 0) is 9.53 Å². The Balaban J connectivity index is 0.00000441. The smallest absolute Gasteiger partial charge is 0.227 e. The fourth-order valence-electron chi connectivity index (χ4n) is 1.96. The zero-order valence-corrected chi connectivity index (χ0v) is 14.1. The minimum absolute atomic E-state index is 0. The van der Waals surface area contributed by atoms with Gasteiger partial charge >= 0.3 is 0 Å². The second kappa shape index (κ2) is 11.1. The summed E-state index contributed by atoms with van der Waals surface area (Å²) in [5.74, 6) is 1.23.